The number of hydrogen-bond donors (Lipinski definition) is 0. The predicted octanol–water partition coefficient (Wildman–Crippen LogP) is 19.5. The van der Waals surface area contributed by atoms with Crippen molar-refractivity contribution in [2.24, 2.45) is 0 Å². The molecule has 0 rings (SSSR count). The molecule has 0 aromatic heterocycles. The van der Waals surface area contributed by atoms with Crippen molar-refractivity contribution in [3.05, 3.63) is 24.3 Å². The van der Waals surface area contributed by atoms with Crippen LogP contribution in [0.4, 0.5) is 0 Å². The van der Waals surface area contributed by atoms with Crippen molar-refractivity contribution >= 4 is 19.8 Å². The van der Waals surface area contributed by atoms with Gasteiger partial charge in [0.05, 0.1) is 27.7 Å². The molecule has 10 heteroatoms. The van der Waals surface area contributed by atoms with Gasteiger partial charge in [0.1, 0.15) is 19.8 Å². The van der Waals surface area contributed by atoms with E-state index in [4.69, 9.17) is 18.5 Å². The van der Waals surface area contributed by atoms with Crippen LogP contribution in [0.3, 0.4) is 0 Å². The van der Waals surface area contributed by atoms with Gasteiger partial charge >= 0.3 is 11.9 Å². The number of carbonyl (C=O) groups excluding carboxylic acids is 2. The number of esters is 2. The van der Waals surface area contributed by atoms with Crippen molar-refractivity contribution in [3.63, 3.8) is 0 Å². The lowest BCUT2D eigenvalue weighted by Gasteiger charge is -2.28. The molecule has 0 aromatic rings. The number of phosphoric acid groups is 1. The van der Waals surface area contributed by atoms with Gasteiger partial charge in [-0.3, -0.25) is 14.2 Å². The zero-order valence-electron chi connectivity index (χ0n) is 49.8. The van der Waals surface area contributed by atoms with E-state index in [0.29, 0.717) is 17.4 Å². The molecule has 0 aromatic carbocycles. The summed E-state index contributed by atoms with van der Waals surface area (Å²) in [6.45, 7) is 4.23. The van der Waals surface area contributed by atoms with Crippen molar-refractivity contribution in [2.75, 3.05) is 47.5 Å². The first-order chi connectivity index (χ1) is 36.0. The molecule has 2 atom stereocenters. The molecule has 0 N–H and O–H groups in total. The first-order valence-electron chi connectivity index (χ1n) is 32.0. The largest absolute Gasteiger partial charge is 0.756 e. The number of nitrogens with zero attached hydrogens (tertiary/aromatic N) is 1. The van der Waals surface area contributed by atoms with E-state index in [1.165, 1.54) is 225 Å². The number of rotatable bonds is 60. The Morgan fingerprint density at radius 2 is 0.743 bits per heavy atom. The number of likely N-dealkylation sites (N-methyl/N-ethyl adjacent to an activating group) is 1. The zero-order valence-corrected chi connectivity index (χ0v) is 50.7. The summed E-state index contributed by atoms with van der Waals surface area (Å²) in [5, 5.41) is 0. The lowest BCUT2D eigenvalue weighted by atomic mass is 10.0. The third kappa shape index (κ3) is 59.7. The number of ether oxygens (including phenoxy) is 2. The van der Waals surface area contributed by atoms with Gasteiger partial charge in [-0.25, -0.2) is 0 Å². The van der Waals surface area contributed by atoms with E-state index >= 15 is 0 Å². The fraction of sp³-hybridized carbons (Fsp3) is 0.906. The Morgan fingerprint density at radius 1 is 0.419 bits per heavy atom. The number of unbranched alkanes of at least 4 members (excludes halogenated alkanes) is 42. The van der Waals surface area contributed by atoms with Gasteiger partial charge in [-0.05, 0) is 38.5 Å². The summed E-state index contributed by atoms with van der Waals surface area (Å²) in [4.78, 5) is 37.8. The Balaban J connectivity index is 3.87. The number of hydrogen-bond acceptors (Lipinski definition) is 8. The van der Waals surface area contributed by atoms with Gasteiger partial charge < -0.3 is 27.9 Å². The van der Waals surface area contributed by atoms with E-state index in [2.05, 4.69) is 38.2 Å². The molecule has 0 amide bonds. The van der Waals surface area contributed by atoms with Crippen LogP contribution in [0.1, 0.15) is 322 Å². The number of carbonyl (C=O) groups is 2. The van der Waals surface area contributed by atoms with Crippen LogP contribution < -0.4 is 4.89 Å². The monoisotopic (exact) mass is 1070 g/mol. The summed E-state index contributed by atoms with van der Waals surface area (Å²) in [6.07, 6.45) is 68.5. The molecule has 0 heterocycles. The van der Waals surface area contributed by atoms with Crippen molar-refractivity contribution in [1.29, 1.82) is 0 Å². The van der Waals surface area contributed by atoms with Crippen LogP contribution in [0.15, 0.2) is 24.3 Å². The highest BCUT2D eigenvalue weighted by Crippen LogP contribution is 2.38. The Hall–Kier alpha value is -1.51. The lowest BCUT2D eigenvalue weighted by molar-refractivity contribution is -0.870. The van der Waals surface area contributed by atoms with Crippen LogP contribution in [0.2, 0.25) is 0 Å². The molecule has 0 spiro atoms. The quantitative estimate of drug-likeness (QED) is 0.0195. The summed E-state index contributed by atoms with van der Waals surface area (Å²) in [5.41, 5.74) is 0. The minimum absolute atomic E-state index is 0.0315. The Labute approximate surface area is 459 Å². The Bertz CT molecular complexity index is 1300. The van der Waals surface area contributed by atoms with Crippen molar-refractivity contribution < 1.29 is 42.1 Å². The van der Waals surface area contributed by atoms with Crippen LogP contribution >= 0.6 is 7.82 Å². The minimum atomic E-state index is -4.63. The second kappa shape index (κ2) is 56.2. The van der Waals surface area contributed by atoms with Gasteiger partial charge in [-0.1, -0.05) is 295 Å². The highest BCUT2D eigenvalue weighted by Gasteiger charge is 2.22. The van der Waals surface area contributed by atoms with E-state index in [9.17, 15) is 19.0 Å². The topological polar surface area (TPSA) is 111 Å². The molecule has 0 saturated heterocycles. The second-order valence-electron chi connectivity index (χ2n) is 23.1. The van der Waals surface area contributed by atoms with E-state index < -0.39 is 26.5 Å². The molecule has 2 unspecified atom stereocenters. The SMILES string of the molecule is CCCC/C=C\C/C=C\CCCCCCCC(=O)OC(COC(=O)CCCCCCCCCCCCCCCCCCCCCCCCCCCCCCCCCCCCCC)COP(=O)([O-])OCC[N+](C)(C)C. The summed E-state index contributed by atoms with van der Waals surface area (Å²) in [7, 11) is 1.17. The van der Waals surface area contributed by atoms with E-state index in [0.717, 1.165) is 64.2 Å². The van der Waals surface area contributed by atoms with Gasteiger partial charge in [0.25, 0.3) is 7.82 Å². The first-order valence-corrected chi connectivity index (χ1v) is 33.5. The van der Waals surface area contributed by atoms with Gasteiger partial charge in [-0.2, -0.15) is 0 Å². The van der Waals surface area contributed by atoms with Gasteiger partial charge in [0.15, 0.2) is 6.10 Å². The normalized spacial score (nSPS) is 13.3. The van der Waals surface area contributed by atoms with Crippen LogP contribution in [-0.4, -0.2) is 70.0 Å². The number of phosphoric ester groups is 1. The van der Waals surface area contributed by atoms with Crippen molar-refractivity contribution in [3.8, 4) is 0 Å². The third-order valence-corrected chi connectivity index (χ3v) is 15.4. The summed E-state index contributed by atoms with van der Waals surface area (Å²) >= 11 is 0. The minimum Gasteiger partial charge on any atom is -0.756 e. The lowest BCUT2D eigenvalue weighted by Crippen LogP contribution is -2.37. The standard InChI is InChI=1S/C64H124NO8P/c1-6-8-10-12-14-16-18-20-22-23-24-25-26-27-28-29-30-31-32-33-34-35-36-37-38-39-40-41-42-43-45-46-48-50-52-54-56-63(66)70-60-62(61-72-74(68,69)71-59-58-65(3,4)5)73-64(67)57-55-53-51-49-47-44-21-19-17-15-13-11-9-7-2/h13,15,19,21,62H,6-12,14,16-18,20,22-61H2,1-5H3/b15-13-,21-19-. The molecule has 438 valence electrons. The smallest absolute Gasteiger partial charge is 0.306 e. The third-order valence-electron chi connectivity index (χ3n) is 14.5. The van der Waals surface area contributed by atoms with Crippen LogP contribution in [0.25, 0.3) is 0 Å². The van der Waals surface area contributed by atoms with Crippen LogP contribution in [0, 0.1) is 0 Å². The first kappa shape index (κ1) is 72.5. The van der Waals surface area contributed by atoms with Gasteiger partial charge in [0, 0.05) is 12.8 Å². The maximum absolute atomic E-state index is 12.7. The fourth-order valence-electron chi connectivity index (χ4n) is 9.50. The van der Waals surface area contributed by atoms with E-state index in [1.54, 1.807) is 0 Å². The molecule has 0 saturated carbocycles. The molecule has 0 aliphatic rings. The van der Waals surface area contributed by atoms with Crippen LogP contribution in [-0.2, 0) is 32.7 Å². The highest BCUT2D eigenvalue weighted by atomic mass is 31.2. The Kier molecular flexibility index (Phi) is 55.1. The van der Waals surface area contributed by atoms with Crippen molar-refractivity contribution in [1.82, 2.24) is 0 Å². The average molecular weight is 1070 g/mol. The van der Waals surface area contributed by atoms with E-state index in [1.807, 2.05) is 21.1 Å². The zero-order chi connectivity index (χ0) is 54.2. The molecular formula is C64H124NO8P. The summed E-state index contributed by atoms with van der Waals surface area (Å²) in [6, 6.07) is 0. The second-order valence-corrected chi connectivity index (χ2v) is 24.5. The number of allylic oxidation sites excluding steroid dienone is 4. The molecule has 9 nitrogen and oxygen atoms in total. The Morgan fingerprint density at radius 3 is 1.11 bits per heavy atom. The number of quaternary nitrogens is 1. The maximum atomic E-state index is 12.7. The molecule has 0 fully saturated rings. The van der Waals surface area contributed by atoms with Gasteiger partial charge in [0.2, 0.25) is 0 Å². The molecule has 0 bridgehead atoms. The predicted molar refractivity (Wildman–Crippen MR) is 314 cm³/mol. The summed E-state index contributed by atoms with van der Waals surface area (Å²) < 4.78 is 34.1. The van der Waals surface area contributed by atoms with Crippen LogP contribution in [0.5, 0.6) is 0 Å². The molecular weight excluding hydrogens is 942 g/mol. The highest BCUT2D eigenvalue weighted by molar-refractivity contribution is 7.45. The summed E-state index contributed by atoms with van der Waals surface area (Å²) in [5.74, 6) is -0.835. The maximum Gasteiger partial charge on any atom is 0.306 e. The fourth-order valence-corrected chi connectivity index (χ4v) is 10.2. The van der Waals surface area contributed by atoms with Crippen molar-refractivity contribution in [2.45, 2.75) is 328 Å². The molecule has 0 aliphatic heterocycles. The average Bonchev–Trinajstić information content (AvgIpc) is 3.36. The molecule has 0 radical (unpaired) electrons. The molecule has 74 heavy (non-hydrogen) atoms. The van der Waals surface area contributed by atoms with Gasteiger partial charge in [-0.15, -0.1) is 0 Å². The molecule has 0 aliphatic carbocycles. The van der Waals surface area contributed by atoms with E-state index in [-0.39, 0.29) is 32.0 Å².